The summed E-state index contributed by atoms with van der Waals surface area (Å²) in [6.07, 6.45) is 1.59. The molecular formula is C14H15NOS2. The molecule has 0 atom stereocenters. The Kier molecular flexibility index (Phi) is 4.73. The molecule has 4 heteroatoms. The highest BCUT2D eigenvalue weighted by Crippen LogP contribution is 2.14. The van der Waals surface area contributed by atoms with Crippen molar-refractivity contribution in [3.05, 3.63) is 52.2 Å². The molecule has 2 N–H and O–H groups in total. The number of benzene rings is 1. The summed E-state index contributed by atoms with van der Waals surface area (Å²) in [5, 5.41) is 2.08. The summed E-state index contributed by atoms with van der Waals surface area (Å²) in [6, 6.07) is 12.1. The fraction of sp³-hybridized carbons (Fsp3) is 0.214. The number of nitrogens with two attached hydrogens (primary N) is 1. The molecule has 0 saturated heterocycles. The first-order chi connectivity index (χ1) is 8.74. The summed E-state index contributed by atoms with van der Waals surface area (Å²) in [5.41, 5.74) is 6.62. The Hall–Kier alpha value is -1.39. The van der Waals surface area contributed by atoms with Crippen molar-refractivity contribution in [3.63, 3.8) is 0 Å². The fourth-order valence-electron chi connectivity index (χ4n) is 1.63. The van der Waals surface area contributed by atoms with Crippen LogP contribution in [0.15, 0.2) is 41.8 Å². The molecule has 2 aromatic rings. The van der Waals surface area contributed by atoms with Crippen LogP contribution in [0.5, 0.6) is 5.75 Å². The van der Waals surface area contributed by atoms with Crippen LogP contribution in [0.2, 0.25) is 0 Å². The van der Waals surface area contributed by atoms with E-state index in [0.717, 1.165) is 17.7 Å². The summed E-state index contributed by atoms with van der Waals surface area (Å²) in [5.74, 6) is 0.887. The van der Waals surface area contributed by atoms with Gasteiger partial charge < -0.3 is 10.5 Å². The summed E-state index contributed by atoms with van der Waals surface area (Å²) < 4.78 is 5.68. The minimum Gasteiger partial charge on any atom is -0.493 e. The van der Waals surface area contributed by atoms with Gasteiger partial charge in [-0.15, -0.1) is 11.3 Å². The topological polar surface area (TPSA) is 35.2 Å². The minimum atomic E-state index is 0.515. The molecule has 0 unspecified atom stereocenters. The largest absolute Gasteiger partial charge is 0.493 e. The quantitative estimate of drug-likeness (QED) is 0.824. The average Bonchev–Trinajstić information content (AvgIpc) is 2.84. The molecule has 1 heterocycles. The third kappa shape index (κ3) is 4.13. The van der Waals surface area contributed by atoms with Gasteiger partial charge in [0.15, 0.2) is 0 Å². The second-order valence-corrected chi connectivity index (χ2v) is 5.52. The van der Waals surface area contributed by atoms with E-state index in [2.05, 4.69) is 17.5 Å². The van der Waals surface area contributed by atoms with Gasteiger partial charge in [-0.1, -0.05) is 30.4 Å². The van der Waals surface area contributed by atoms with Crippen LogP contribution in [0.25, 0.3) is 0 Å². The van der Waals surface area contributed by atoms with Crippen molar-refractivity contribution in [3.8, 4) is 5.75 Å². The Balaban J connectivity index is 1.81. The first-order valence-electron chi connectivity index (χ1n) is 5.76. The number of hydrogen-bond acceptors (Lipinski definition) is 3. The van der Waals surface area contributed by atoms with Crippen LogP contribution >= 0.6 is 23.6 Å². The van der Waals surface area contributed by atoms with Crippen LogP contribution in [-0.2, 0) is 12.8 Å². The van der Waals surface area contributed by atoms with Gasteiger partial charge in [-0.2, -0.15) is 0 Å². The average molecular weight is 277 g/mol. The zero-order chi connectivity index (χ0) is 12.8. The predicted octanol–water partition coefficient (Wildman–Crippen LogP) is 3.20. The summed E-state index contributed by atoms with van der Waals surface area (Å²) >= 11 is 6.63. The zero-order valence-electron chi connectivity index (χ0n) is 9.96. The molecule has 0 saturated carbocycles. The van der Waals surface area contributed by atoms with Gasteiger partial charge in [0.25, 0.3) is 0 Å². The van der Waals surface area contributed by atoms with Crippen LogP contribution in [0.3, 0.4) is 0 Å². The van der Waals surface area contributed by atoms with E-state index in [9.17, 15) is 0 Å². The first kappa shape index (κ1) is 13.1. The Morgan fingerprint density at radius 1 is 1.22 bits per heavy atom. The smallest absolute Gasteiger partial charge is 0.119 e. The molecule has 1 aromatic heterocycles. The molecule has 0 spiro atoms. The lowest BCUT2D eigenvalue weighted by atomic mass is 10.1. The molecule has 0 fully saturated rings. The fourth-order valence-corrected chi connectivity index (χ4v) is 2.49. The molecule has 0 bridgehead atoms. The van der Waals surface area contributed by atoms with Crippen molar-refractivity contribution in [1.82, 2.24) is 0 Å². The molecule has 0 radical (unpaired) electrons. The third-order valence-electron chi connectivity index (χ3n) is 2.50. The number of thiocarbonyl (C=S) groups is 1. The van der Waals surface area contributed by atoms with Gasteiger partial charge in [0.2, 0.25) is 0 Å². The SMILES string of the molecule is NC(=S)Cc1ccc(OCCc2cccs2)cc1. The highest BCUT2D eigenvalue weighted by atomic mass is 32.1. The highest BCUT2D eigenvalue weighted by Gasteiger charge is 1.98. The van der Waals surface area contributed by atoms with E-state index < -0.39 is 0 Å². The van der Waals surface area contributed by atoms with Crippen molar-refractivity contribution in [1.29, 1.82) is 0 Å². The lowest BCUT2D eigenvalue weighted by Gasteiger charge is -2.06. The molecular weight excluding hydrogens is 262 g/mol. The van der Waals surface area contributed by atoms with Gasteiger partial charge in [0.1, 0.15) is 5.75 Å². The molecule has 0 aliphatic heterocycles. The van der Waals surface area contributed by atoms with E-state index in [1.54, 1.807) is 11.3 Å². The maximum Gasteiger partial charge on any atom is 0.119 e. The molecule has 94 valence electrons. The molecule has 1 aromatic carbocycles. The number of hydrogen-bond donors (Lipinski definition) is 1. The van der Waals surface area contributed by atoms with Crippen LogP contribution < -0.4 is 10.5 Å². The van der Waals surface area contributed by atoms with Gasteiger partial charge in [0, 0.05) is 17.7 Å². The van der Waals surface area contributed by atoms with Crippen LogP contribution in [-0.4, -0.2) is 11.6 Å². The zero-order valence-corrected chi connectivity index (χ0v) is 11.6. The molecule has 0 aliphatic carbocycles. The van der Waals surface area contributed by atoms with E-state index in [1.165, 1.54) is 4.88 Å². The van der Waals surface area contributed by atoms with Crippen LogP contribution in [0.4, 0.5) is 0 Å². The number of thiophene rings is 1. The first-order valence-corrected chi connectivity index (χ1v) is 7.05. The van der Waals surface area contributed by atoms with E-state index in [4.69, 9.17) is 22.7 Å². The van der Waals surface area contributed by atoms with Gasteiger partial charge >= 0.3 is 0 Å². The van der Waals surface area contributed by atoms with Gasteiger partial charge in [0.05, 0.1) is 11.6 Å². The second-order valence-electron chi connectivity index (χ2n) is 3.96. The van der Waals surface area contributed by atoms with Gasteiger partial charge in [-0.3, -0.25) is 0 Å². The van der Waals surface area contributed by atoms with Crippen molar-refractivity contribution >= 4 is 28.5 Å². The monoisotopic (exact) mass is 277 g/mol. The molecule has 0 aliphatic rings. The Labute approximate surface area is 116 Å². The predicted molar refractivity (Wildman–Crippen MR) is 80.4 cm³/mol. The highest BCUT2D eigenvalue weighted by molar-refractivity contribution is 7.80. The van der Waals surface area contributed by atoms with Gasteiger partial charge in [-0.25, -0.2) is 0 Å². The van der Waals surface area contributed by atoms with E-state index in [0.29, 0.717) is 18.0 Å². The van der Waals surface area contributed by atoms with Crippen molar-refractivity contribution in [2.75, 3.05) is 6.61 Å². The normalized spacial score (nSPS) is 10.2. The van der Waals surface area contributed by atoms with Crippen molar-refractivity contribution < 1.29 is 4.74 Å². The lowest BCUT2D eigenvalue weighted by molar-refractivity contribution is 0.323. The summed E-state index contributed by atoms with van der Waals surface area (Å²) in [7, 11) is 0. The lowest BCUT2D eigenvalue weighted by Crippen LogP contribution is -2.10. The number of rotatable bonds is 6. The second kappa shape index (κ2) is 6.52. The van der Waals surface area contributed by atoms with E-state index in [1.807, 2.05) is 24.3 Å². The summed E-state index contributed by atoms with van der Waals surface area (Å²) in [6.45, 7) is 0.704. The standard InChI is InChI=1S/C14H15NOS2/c15-14(17)10-11-3-5-12(6-4-11)16-8-7-13-2-1-9-18-13/h1-6,9H,7-8,10H2,(H2,15,17). The maximum atomic E-state index is 5.68. The molecule has 0 amide bonds. The van der Waals surface area contributed by atoms with Crippen molar-refractivity contribution in [2.24, 2.45) is 5.73 Å². The summed E-state index contributed by atoms with van der Waals surface area (Å²) in [4.78, 5) is 1.86. The van der Waals surface area contributed by atoms with Crippen LogP contribution in [0.1, 0.15) is 10.4 Å². The third-order valence-corrected chi connectivity index (χ3v) is 3.58. The van der Waals surface area contributed by atoms with E-state index >= 15 is 0 Å². The van der Waals surface area contributed by atoms with Crippen molar-refractivity contribution in [2.45, 2.75) is 12.8 Å². The van der Waals surface area contributed by atoms with E-state index in [-0.39, 0.29) is 0 Å². The molecule has 2 rings (SSSR count). The Morgan fingerprint density at radius 3 is 2.61 bits per heavy atom. The Bertz CT molecular complexity index is 491. The molecule has 18 heavy (non-hydrogen) atoms. The Morgan fingerprint density at radius 2 is 2.00 bits per heavy atom. The van der Waals surface area contributed by atoms with Crippen LogP contribution in [0, 0.1) is 0 Å². The molecule has 2 nitrogen and oxygen atoms in total. The number of ether oxygens (including phenoxy) is 1. The van der Waals surface area contributed by atoms with Gasteiger partial charge in [-0.05, 0) is 29.1 Å². The maximum absolute atomic E-state index is 5.68. The minimum absolute atomic E-state index is 0.515.